The molecule has 0 aromatic heterocycles. The van der Waals surface area contributed by atoms with Gasteiger partial charge in [-0.3, -0.25) is 14.4 Å². The molecule has 0 spiro atoms. The van der Waals surface area contributed by atoms with Crippen molar-refractivity contribution >= 4 is 18.2 Å². The molecule has 0 fully saturated rings. The van der Waals surface area contributed by atoms with Crippen molar-refractivity contribution in [2.45, 2.75) is 18.4 Å². The zero-order valence-corrected chi connectivity index (χ0v) is 28.1. The number of hydrogen-bond acceptors (Lipinski definition) is 8. The van der Waals surface area contributed by atoms with Gasteiger partial charge in [0.15, 0.2) is 0 Å². The molecule has 0 radical (unpaired) electrons. The van der Waals surface area contributed by atoms with E-state index < -0.39 is 18.0 Å². The topological polar surface area (TPSA) is 108 Å². The van der Waals surface area contributed by atoms with Gasteiger partial charge in [0.1, 0.15) is 50.1 Å². The first kappa shape index (κ1) is 40.2. The molecule has 0 saturated carbocycles. The number of aliphatic hydroxyl groups is 1. The van der Waals surface area contributed by atoms with E-state index in [-0.39, 0.29) is 25.6 Å². The molecular formula is C42H44O8. The highest BCUT2D eigenvalue weighted by Crippen LogP contribution is 2.33. The lowest BCUT2D eigenvalue weighted by Crippen LogP contribution is -2.23. The quantitative estimate of drug-likeness (QED) is 0.0685. The predicted molar refractivity (Wildman–Crippen MR) is 196 cm³/mol. The molecule has 0 heterocycles. The Labute approximate surface area is 294 Å². The normalized spacial score (nSPS) is 10.9. The van der Waals surface area contributed by atoms with Crippen LogP contribution in [-0.4, -0.2) is 49.8 Å². The number of ether oxygens (including phenoxy) is 4. The molecule has 260 valence electrons. The summed E-state index contributed by atoms with van der Waals surface area (Å²) >= 11 is 0. The molecule has 2 atom stereocenters. The van der Waals surface area contributed by atoms with Crippen LogP contribution in [0, 0.1) is 0 Å². The summed E-state index contributed by atoms with van der Waals surface area (Å²) in [5, 5.41) is 10.7. The molecule has 0 saturated heterocycles. The Balaban J connectivity index is 0.000000297. The van der Waals surface area contributed by atoms with E-state index in [1.165, 1.54) is 6.08 Å². The van der Waals surface area contributed by atoms with Gasteiger partial charge in [0.2, 0.25) is 0 Å². The van der Waals surface area contributed by atoms with Crippen molar-refractivity contribution < 1.29 is 38.4 Å². The van der Waals surface area contributed by atoms with E-state index in [0.29, 0.717) is 30.1 Å². The lowest BCUT2D eigenvalue weighted by Gasteiger charge is -2.22. The fourth-order valence-electron chi connectivity index (χ4n) is 4.21. The van der Waals surface area contributed by atoms with Gasteiger partial charge in [-0.25, -0.2) is 0 Å². The summed E-state index contributed by atoms with van der Waals surface area (Å²) in [6, 6.07) is 32.5. The molecule has 0 aliphatic heterocycles. The maximum atomic E-state index is 12.5. The standard InChI is InChI=1S/C21H22O4.C14H16O3.C7H6O/c1-3-14-24-18-12-10-16(11-13-18)19(21(23)25-15-4-2)20(22)17-8-6-5-7-9-17;1-3-9-16-13-7-5-12(6-8-13)11-14(15)17-10-4-2;8-6-7-4-2-1-3-5-7/h3-13,19-20,22H,1-2,14-15H2;3-8H,1-2,9-11H2;1-6H. The van der Waals surface area contributed by atoms with Crippen molar-refractivity contribution in [1.29, 1.82) is 0 Å². The van der Waals surface area contributed by atoms with Crippen LogP contribution in [-0.2, 0) is 25.5 Å². The van der Waals surface area contributed by atoms with E-state index in [4.69, 9.17) is 18.9 Å². The Morgan fingerprint density at radius 3 is 1.56 bits per heavy atom. The lowest BCUT2D eigenvalue weighted by atomic mass is 9.89. The predicted octanol–water partition coefficient (Wildman–Crippen LogP) is 7.82. The number of carbonyl (C=O) groups excluding carboxylic acids is 3. The summed E-state index contributed by atoms with van der Waals surface area (Å²) in [7, 11) is 0. The maximum absolute atomic E-state index is 12.5. The van der Waals surface area contributed by atoms with Crippen molar-refractivity contribution in [1.82, 2.24) is 0 Å². The summed E-state index contributed by atoms with van der Waals surface area (Å²) in [4.78, 5) is 33.8. The van der Waals surface area contributed by atoms with Crippen LogP contribution in [0.4, 0.5) is 0 Å². The highest BCUT2D eigenvalue weighted by Gasteiger charge is 2.31. The second-order valence-corrected chi connectivity index (χ2v) is 10.3. The summed E-state index contributed by atoms with van der Waals surface area (Å²) in [6.07, 6.45) is 6.46. The van der Waals surface area contributed by atoms with Crippen LogP contribution in [0.15, 0.2) is 160 Å². The number of rotatable bonds is 17. The third-order valence-corrected chi connectivity index (χ3v) is 6.60. The van der Waals surface area contributed by atoms with Gasteiger partial charge in [-0.15, -0.1) is 0 Å². The van der Waals surface area contributed by atoms with E-state index >= 15 is 0 Å². The second kappa shape index (κ2) is 24.2. The molecule has 50 heavy (non-hydrogen) atoms. The molecule has 4 aromatic rings. The zero-order chi connectivity index (χ0) is 36.4. The first-order valence-electron chi connectivity index (χ1n) is 15.8. The van der Waals surface area contributed by atoms with Crippen molar-refractivity contribution in [3.8, 4) is 11.5 Å². The van der Waals surface area contributed by atoms with Crippen LogP contribution in [0.25, 0.3) is 0 Å². The van der Waals surface area contributed by atoms with Crippen LogP contribution in [0.1, 0.15) is 39.1 Å². The monoisotopic (exact) mass is 676 g/mol. The molecule has 8 nitrogen and oxygen atoms in total. The minimum absolute atomic E-state index is 0.0946. The SMILES string of the molecule is C=CCOC(=O)C(c1ccc(OCC=C)cc1)C(O)c1ccccc1.C=CCOC(=O)Cc1ccc(OCC=C)cc1.O=Cc1ccccc1. The lowest BCUT2D eigenvalue weighted by molar-refractivity contribution is -0.147. The first-order chi connectivity index (χ1) is 24.4. The molecule has 0 amide bonds. The van der Waals surface area contributed by atoms with Gasteiger partial charge in [0.05, 0.1) is 12.5 Å². The summed E-state index contributed by atoms with van der Waals surface area (Å²) in [5.74, 6) is -0.180. The van der Waals surface area contributed by atoms with Gasteiger partial charge >= 0.3 is 11.9 Å². The molecule has 4 rings (SSSR count). The van der Waals surface area contributed by atoms with E-state index in [1.54, 1.807) is 66.8 Å². The fourth-order valence-corrected chi connectivity index (χ4v) is 4.21. The van der Waals surface area contributed by atoms with Crippen molar-refractivity contribution in [3.63, 3.8) is 0 Å². The highest BCUT2D eigenvalue weighted by molar-refractivity contribution is 5.79. The molecule has 0 bridgehead atoms. The average Bonchev–Trinajstić information content (AvgIpc) is 3.17. The Bertz CT molecular complexity index is 1600. The third kappa shape index (κ3) is 15.3. The number of hydrogen-bond donors (Lipinski definition) is 1. The molecule has 2 unspecified atom stereocenters. The van der Waals surface area contributed by atoms with E-state index in [0.717, 1.165) is 23.2 Å². The summed E-state index contributed by atoms with van der Waals surface area (Å²) < 4.78 is 20.9. The molecule has 4 aromatic carbocycles. The number of aliphatic hydroxyl groups excluding tert-OH is 1. The van der Waals surface area contributed by atoms with E-state index in [9.17, 15) is 19.5 Å². The van der Waals surface area contributed by atoms with Crippen LogP contribution in [0.5, 0.6) is 11.5 Å². The molecule has 0 aliphatic carbocycles. The van der Waals surface area contributed by atoms with Crippen LogP contribution in [0.2, 0.25) is 0 Å². The van der Waals surface area contributed by atoms with Gasteiger partial charge < -0.3 is 24.1 Å². The zero-order valence-electron chi connectivity index (χ0n) is 28.1. The van der Waals surface area contributed by atoms with Gasteiger partial charge in [-0.05, 0) is 41.0 Å². The maximum Gasteiger partial charge on any atom is 0.316 e. The Kier molecular flexibility index (Phi) is 19.4. The van der Waals surface area contributed by atoms with Crippen molar-refractivity contribution in [3.05, 3.63) is 182 Å². The number of esters is 2. The molecular weight excluding hydrogens is 632 g/mol. The molecule has 8 heteroatoms. The molecule has 1 N–H and O–H groups in total. The average molecular weight is 677 g/mol. The number of aldehydes is 1. The minimum Gasteiger partial charge on any atom is -0.490 e. The first-order valence-corrected chi connectivity index (χ1v) is 15.8. The van der Waals surface area contributed by atoms with Crippen molar-refractivity contribution in [2.75, 3.05) is 26.4 Å². The van der Waals surface area contributed by atoms with Crippen LogP contribution < -0.4 is 9.47 Å². The minimum atomic E-state index is -1.02. The number of benzene rings is 4. The van der Waals surface area contributed by atoms with Gasteiger partial charge in [0.25, 0.3) is 0 Å². The summed E-state index contributed by atoms with van der Waals surface area (Å²) in [5.41, 5.74) is 2.92. The van der Waals surface area contributed by atoms with Crippen LogP contribution in [0.3, 0.4) is 0 Å². The molecule has 0 aliphatic rings. The number of carbonyl (C=O) groups is 3. The van der Waals surface area contributed by atoms with E-state index in [1.807, 2.05) is 60.7 Å². The summed E-state index contributed by atoms with van der Waals surface area (Å²) in [6.45, 7) is 15.4. The Hall–Kier alpha value is -5.99. The Morgan fingerprint density at radius 1 is 0.600 bits per heavy atom. The second-order valence-electron chi connectivity index (χ2n) is 10.3. The van der Waals surface area contributed by atoms with Crippen LogP contribution >= 0.6 is 0 Å². The van der Waals surface area contributed by atoms with Gasteiger partial charge in [0, 0.05) is 5.56 Å². The van der Waals surface area contributed by atoms with Gasteiger partial charge in [-0.1, -0.05) is 136 Å². The fraction of sp³-hybridized carbons (Fsp3) is 0.167. The Morgan fingerprint density at radius 2 is 1.08 bits per heavy atom. The smallest absolute Gasteiger partial charge is 0.316 e. The van der Waals surface area contributed by atoms with Gasteiger partial charge in [-0.2, -0.15) is 0 Å². The largest absolute Gasteiger partial charge is 0.490 e. The van der Waals surface area contributed by atoms with Crippen molar-refractivity contribution in [2.24, 2.45) is 0 Å². The van der Waals surface area contributed by atoms with E-state index in [2.05, 4.69) is 26.3 Å². The third-order valence-electron chi connectivity index (χ3n) is 6.60. The highest BCUT2D eigenvalue weighted by atomic mass is 16.5.